The number of amides is 1. The second-order valence-corrected chi connectivity index (χ2v) is 8.12. The Morgan fingerprint density at radius 3 is 2.03 bits per heavy atom. The summed E-state index contributed by atoms with van der Waals surface area (Å²) in [6.07, 6.45) is -0.976. The summed E-state index contributed by atoms with van der Waals surface area (Å²) < 4.78 is 0. The number of hydrogen-bond donors (Lipinski definition) is 1. The van der Waals surface area contributed by atoms with E-state index in [-0.39, 0.29) is 5.92 Å². The highest BCUT2D eigenvalue weighted by Gasteiger charge is 2.34. The number of alkyl halides is 1. The quantitative estimate of drug-likeness (QED) is 0.279. The fourth-order valence-corrected chi connectivity index (χ4v) is 4.69. The van der Waals surface area contributed by atoms with Crippen molar-refractivity contribution >= 4 is 45.6 Å². The van der Waals surface area contributed by atoms with Gasteiger partial charge in [0.2, 0.25) is 0 Å². The van der Waals surface area contributed by atoms with E-state index in [4.69, 9.17) is 16.6 Å². The van der Waals surface area contributed by atoms with Gasteiger partial charge in [-0.05, 0) is 17.0 Å². The number of nitrogens with zero attached hydrogens (tertiary/aromatic N) is 2. The zero-order valence-corrected chi connectivity index (χ0v) is 18.0. The molecule has 0 bridgehead atoms. The topological polar surface area (TPSA) is 52.9 Å². The average molecular weight is 441 g/mol. The molecular formula is C27H21ClN2O2. The van der Waals surface area contributed by atoms with Crippen molar-refractivity contribution in [3.63, 3.8) is 0 Å². The van der Waals surface area contributed by atoms with Gasteiger partial charge in [0.05, 0.1) is 17.1 Å². The summed E-state index contributed by atoms with van der Waals surface area (Å²) in [6, 6.07) is 30.0. The minimum Gasteiger partial charge on any atom is -0.465 e. The Balaban J connectivity index is 1.80. The van der Waals surface area contributed by atoms with Crippen molar-refractivity contribution in [1.29, 1.82) is 0 Å². The van der Waals surface area contributed by atoms with Gasteiger partial charge in [-0.15, -0.1) is 11.6 Å². The minimum atomic E-state index is -0.976. The molecule has 1 N–H and O–H groups in total. The zero-order chi connectivity index (χ0) is 22.1. The summed E-state index contributed by atoms with van der Waals surface area (Å²) in [6.45, 7) is 0.357. The fraction of sp³-hybridized carbons (Fsp3) is 0.111. The van der Waals surface area contributed by atoms with Gasteiger partial charge in [0, 0.05) is 34.9 Å². The van der Waals surface area contributed by atoms with Gasteiger partial charge in [0.25, 0.3) is 0 Å². The van der Waals surface area contributed by atoms with Gasteiger partial charge in [0.15, 0.2) is 0 Å². The molecule has 5 heteroatoms. The molecule has 0 fully saturated rings. The number of carbonyl (C=O) groups is 1. The molecule has 4 aromatic carbocycles. The Morgan fingerprint density at radius 2 is 1.47 bits per heavy atom. The minimum absolute atomic E-state index is 0.0478. The Morgan fingerprint density at radius 1 is 0.906 bits per heavy atom. The van der Waals surface area contributed by atoms with Gasteiger partial charge >= 0.3 is 6.09 Å². The molecule has 1 amide bonds. The van der Waals surface area contributed by atoms with E-state index < -0.39 is 6.09 Å². The number of fused-ring (bicyclic) bond motifs is 3. The predicted molar refractivity (Wildman–Crippen MR) is 131 cm³/mol. The fourth-order valence-electron chi connectivity index (χ4n) is 4.43. The molecule has 1 heterocycles. The van der Waals surface area contributed by atoms with Gasteiger partial charge in [-0.1, -0.05) is 84.9 Å². The Labute approximate surface area is 191 Å². The molecule has 1 atom stereocenters. The van der Waals surface area contributed by atoms with Crippen molar-refractivity contribution in [3.05, 3.63) is 108 Å². The van der Waals surface area contributed by atoms with E-state index in [2.05, 4.69) is 0 Å². The molecule has 0 saturated heterocycles. The van der Waals surface area contributed by atoms with Crippen molar-refractivity contribution in [1.82, 2.24) is 0 Å². The van der Waals surface area contributed by atoms with Crippen molar-refractivity contribution in [2.75, 3.05) is 17.3 Å². The maximum atomic E-state index is 12.0. The molecule has 4 nitrogen and oxygen atoms in total. The van der Waals surface area contributed by atoms with Crippen LogP contribution in [0.25, 0.3) is 10.8 Å². The number of halogens is 1. The van der Waals surface area contributed by atoms with Crippen LogP contribution in [0.4, 0.5) is 16.2 Å². The third-order valence-corrected chi connectivity index (χ3v) is 6.26. The summed E-state index contributed by atoms with van der Waals surface area (Å²) in [5.41, 5.74) is 5.22. The van der Waals surface area contributed by atoms with E-state index in [0.717, 1.165) is 38.9 Å². The number of rotatable bonds is 4. The highest BCUT2D eigenvalue weighted by atomic mass is 35.5. The molecular weight excluding hydrogens is 420 g/mol. The van der Waals surface area contributed by atoms with E-state index in [1.807, 2.05) is 91.0 Å². The third kappa shape index (κ3) is 3.53. The summed E-state index contributed by atoms with van der Waals surface area (Å²) in [4.78, 5) is 18.5. The van der Waals surface area contributed by atoms with Crippen LogP contribution in [0.15, 0.2) is 96.0 Å². The molecule has 1 aliphatic heterocycles. The van der Waals surface area contributed by atoms with Crippen LogP contribution in [0.2, 0.25) is 0 Å². The second-order valence-electron chi connectivity index (χ2n) is 7.81. The van der Waals surface area contributed by atoms with Crippen LogP contribution >= 0.6 is 11.6 Å². The smallest absolute Gasteiger partial charge is 0.411 e. The standard InChI is InChI=1S/C27H21ClN2O2/c28-16-20-17-30(27(31)32)24-15-23(21-13-7-8-14-22(21)25(20)24)29-26(18-9-3-1-4-10-18)19-11-5-2-6-12-19/h1-15,20H,16-17H2,(H,31,32)/t20-/m0/s1. The average Bonchev–Trinajstić information content (AvgIpc) is 3.23. The largest absolute Gasteiger partial charge is 0.465 e. The predicted octanol–water partition coefficient (Wildman–Crippen LogP) is 6.83. The SMILES string of the molecule is O=C(O)N1C[C@H](CCl)c2c1cc(N=C(c1ccccc1)c1ccccc1)c1ccccc21. The Hall–Kier alpha value is -3.63. The maximum Gasteiger partial charge on any atom is 0.411 e. The number of anilines is 1. The van der Waals surface area contributed by atoms with E-state index >= 15 is 0 Å². The van der Waals surface area contributed by atoms with Crippen LogP contribution in [0.3, 0.4) is 0 Å². The third-order valence-electron chi connectivity index (χ3n) is 5.89. The molecule has 158 valence electrons. The molecule has 0 radical (unpaired) electrons. The summed E-state index contributed by atoms with van der Waals surface area (Å²) in [7, 11) is 0. The maximum absolute atomic E-state index is 12.0. The number of carboxylic acid groups (broad SMARTS) is 1. The van der Waals surface area contributed by atoms with Crippen molar-refractivity contribution in [2.45, 2.75) is 5.92 Å². The highest BCUT2D eigenvalue weighted by molar-refractivity contribution is 6.19. The van der Waals surface area contributed by atoms with E-state index in [1.165, 1.54) is 4.90 Å². The Bertz CT molecular complexity index is 1280. The first-order valence-corrected chi connectivity index (χ1v) is 11.0. The lowest BCUT2D eigenvalue weighted by molar-refractivity contribution is 0.202. The first-order valence-electron chi connectivity index (χ1n) is 10.5. The van der Waals surface area contributed by atoms with E-state index in [0.29, 0.717) is 18.1 Å². The van der Waals surface area contributed by atoms with Crippen molar-refractivity contribution < 1.29 is 9.90 Å². The molecule has 5 rings (SSSR count). The van der Waals surface area contributed by atoms with Crippen LogP contribution in [0, 0.1) is 0 Å². The summed E-state index contributed by atoms with van der Waals surface area (Å²) >= 11 is 6.24. The molecule has 4 aromatic rings. The normalized spacial score (nSPS) is 14.9. The van der Waals surface area contributed by atoms with Gasteiger partial charge in [-0.25, -0.2) is 9.79 Å². The monoisotopic (exact) mass is 440 g/mol. The van der Waals surface area contributed by atoms with E-state index in [1.54, 1.807) is 0 Å². The summed E-state index contributed by atoms with van der Waals surface area (Å²) in [5.74, 6) is 0.316. The lowest BCUT2D eigenvalue weighted by Gasteiger charge is -2.16. The molecule has 0 aliphatic carbocycles. The lowest BCUT2D eigenvalue weighted by atomic mass is 9.94. The van der Waals surface area contributed by atoms with Crippen LogP contribution in [-0.4, -0.2) is 29.3 Å². The van der Waals surface area contributed by atoms with Gasteiger partial charge < -0.3 is 5.11 Å². The first kappa shape index (κ1) is 20.3. The van der Waals surface area contributed by atoms with Crippen LogP contribution < -0.4 is 4.90 Å². The first-order chi connectivity index (χ1) is 15.7. The second kappa shape index (κ2) is 8.48. The van der Waals surface area contributed by atoms with Crippen molar-refractivity contribution in [3.8, 4) is 0 Å². The van der Waals surface area contributed by atoms with Crippen LogP contribution in [0.5, 0.6) is 0 Å². The van der Waals surface area contributed by atoms with Crippen LogP contribution in [-0.2, 0) is 0 Å². The van der Waals surface area contributed by atoms with Crippen LogP contribution in [0.1, 0.15) is 22.6 Å². The highest BCUT2D eigenvalue weighted by Crippen LogP contribution is 2.45. The number of hydrogen-bond acceptors (Lipinski definition) is 2. The lowest BCUT2D eigenvalue weighted by Crippen LogP contribution is -2.28. The Kier molecular flexibility index (Phi) is 5.38. The zero-order valence-electron chi connectivity index (χ0n) is 17.3. The van der Waals surface area contributed by atoms with E-state index in [9.17, 15) is 9.90 Å². The van der Waals surface area contributed by atoms with Gasteiger partial charge in [0.1, 0.15) is 0 Å². The number of benzene rings is 4. The molecule has 0 saturated carbocycles. The molecule has 1 aliphatic rings. The number of aliphatic imine (C=N–C) groups is 1. The van der Waals surface area contributed by atoms with Crippen molar-refractivity contribution in [2.24, 2.45) is 4.99 Å². The molecule has 32 heavy (non-hydrogen) atoms. The van der Waals surface area contributed by atoms with Gasteiger partial charge in [-0.2, -0.15) is 0 Å². The summed E-state index contributed by atoms with van der Waals surface area (Å²) in [5, 5.41) is 11.8. The molecule has 0 spiro atoms. The molecule has 0 aromatic heterocycles. The molecule has 0 unspecified atom stereocenters. The van der Waals surface area contributed by atoms with Gasteiger partial charge in [-0.3, -0.25) is 4.90 Å².